The van der Waals surface area contributed by atoms with E-state index in [9.17, 15) is 4.79 Å². The van der Waals surface area contributed by atoms with E-state index in [1.54, 1.807) is 0 Å². The second-order valence-corrected chi connectivity index (χ2v) is 3.59. The first kappa shape index (κ1) is 9.06. The van der Waals surface area contributed by atoms with Gasteiger partial charge in [0.1, 0.15) is 6.10 Å². The molecular formula is C11H13NO2. The third-order valence-electron chi connectivity index (χ3n) is 2.45. The monoisotopic (exact) mass is 191 g/mol. The van der Waals surface area contributed by atoms with Gasteiger partial charge in [0.15, 0.2) is 0 Å². The van der Waals surface area contributed by atoms with Gasteiger partial charge >= 0.3 is 6.09 Å². The van der Waals surface area contributed by atoms with Gasteiger partial charge in [-0.25, -0.2) is 4.79 Å². The van der Waals surface area contributed by atoms with E-state index < -0.39 is 0 Å². The number of benzene rings is 1. The minimum Gasteiger partial charge on any atom is -0.441 e. The standard InChI is InChI=1S/C11H13NO2/c1-8-7-12-11(13)14-10(8)9-5-3-2-4-6-9/h2-6,8,10H,7H2,1H3,(H,12,13)/t8-,10+/m1/s1. The molecule has 0 aromatic heterocycles. The largest absolute Gasteiger partial charge is 0.441 e. The molecule has 0 saturated carbocycles. The number of nitrogens with one attached hydrogen (secondary N) is 1. The van der Waals surface area contributed by atoms with Crippen molar-refractivity contribution in [1.82, 2.24) is 5.32 Å². The topological polar surface area (TPSA) is 38.3 Å². The van der Waals surface area contributed by atoms with E-state index in [0.717, 1.165) is 5.56 Å². The SMILES string of the molecule is C[C@@H]1CNC(=O)O[C@@H]1c1ccccc1. The Hall–Kier alpha value is -1.51. The summed E-state index contributed by atoms with van der Waals surface area (Å²) in [7, 11) is 0. The van der Waals surface area contributed by atoms with Crippen molar-refractivity contribution >= 4 is 6.09 Å². The third-order valence-corrected chi connectivity index (χ3v) is 2.45. The van der Waals surface area contributed by atoms with E-state index in [1.807, 2.05) is 30.3 Å². The molecule has 1 heterocycles. The predicted octanol–water partition coefficient (Wildman–Crippen LogP) is 2.10. The number of carbonyl (C=O) groups excluding carboxylic acids is 1. The molecule has 0 spiro atoms. The van der Waals surface area contributed by atoms with Crippen molar-refractivity contribution in [2.24, 2.45) is 5.92 Å². The Morgan fingerprint density at radius 3 is 2.79 bits per heavy atom. The Balaban J connectivity index is 2.20. The van der Waals surface area contributed by atoms with Gasteiger partial charge in [-0.05, 0) is 5.56 Å². The number of hydrogen-bond acceptors (Lipinski definition) is 2. The number of carbonyl (C=O) groups is 1. The van der Waals surface area contributed by atoms with Gasteiger partial charge in [-0.2, -0.15) is 0 Å². The van der Waals surface area contributed by atoms with Crippen LogP contribution in [0.2, 0.25) is 0 Å². The molecule has 74 valence electrons. The van der Waals surface area contributed by atoms with E-state index in [-0.39, 0.29) is 12.2 Å². The average Bonchev–Trinajstić information content (AvgIpc) is 2.23. The lowest BCUT2D eigenvalue weighted by molar-refractivity contribution is 0.0420. The van der Waals surface area contributed by atoms with Gasteiger partial charge in [-0.15, -0.1) is 0 Å². The van der Waals surface area contributed by atoms with Gasteiger partial charge in [0.05, 0.1) is 0 Å². The van der Waals surface area contributed by atoms with E-state index in [1.165, 1.54) is 0 Å². The molecule has 3 nitrogen and oxygen atoms in total. The molecule has 14 heavy (non-hydrogen) atoms. The zero-order valence-electron chi connectivity index (χ0n) is 8.07. The maximum Gasteiger partial charge on any atom is 0.407 e. The van der Waals surface area contributed by atoms with Crippen LogP contribution in [-0.4, -0.2) is 12.6 Å². The van der Waals surface area contributed by atoms with Crippen LogP contribution in [0.5, 0.6) is 0 Å². The summed E-state index contributed by atoms with van der Waals surface area (Å²) in [4.78, 5) is 11.1. The van der Waals surface area contributed by atoms with Gasteiger partial charge in [0.25, 0.3) is 0 Å². The zero-order valence-corrected chi connectivity index (χ0v) is 8.07. The molecular weight excluding hydrogens is 178 g/mol. The van der Waals surface area contributed by atoms with Crippen LogP contribution in [0.1, 0.15) is 18.6 Å². The lowest BCUT2D eigenvalue weighted by Crippen LogP contribution is -2.39. The minimum absolute atomic E-state index is 0.107. The second kappa shape index (κ2) is 3.70. The van der Waals surface area contributed by atoms with Gasteiger partial charge in [0, 0.05) is 12.5 Å². The highest BCUT2D eigenvalue weighted by molar-refractivity contribution is 5.68. The van der Waals surface area contributed by atoms with Gasteiger partial charge in [0.2, 0.25) is 0 Å². The first-order chi connectivity index (χ1) is 6.77. The summed E-state index contributed by atoms with van der Waals surface area (Å²) in [6, 6.07) is 9.84. The number of rotatable bonds is 1. The third kappa shape index (κ3) is 1.71. The number of alkyl carbamates (subject to hydrolysis) is 1. The van der Waals surface area contributed by atoms with Crippen molar-refractivity contribution in [3.8, 4) is 0 Å². The smallest absolute Gasteiger partial charge is 0.407 e. The fourth-order valence-electron chi connectivity index (χ4n) is 1.66. The molecule has 1 N–H and O–H groups in total. The van der Waals surface area contributed by atoms with Gasteiger partial charge in [-0.3, -0.25) is 0 Å². The molecule has 0 bridgehead atoms. The maximum absolute atomic E-state index is 11.1. The van der Waals surface area contributed by atoms with Crippen LogP contribution >= 0.6 is 0 Å². The molecule has 0 radical (unpaired) electrons. The summed E-state index contributed by atoms with van der Waals surface area (Å²) in [5.74, 6) is 0.315. The number of hydrogen-bond donors (Lipinski definition) is 1. The van der Waals surface area contributed by atoms with E-state index in [2.05, 4.69) is 12.2 Å². The maximum atomic E-state index is 11.1. The lowest BCUT2D eigenvalue weighted by Gasteiger charge is -2.29. The van der Waals surface area contributed by atoms with Gasteiger partial charge in [-0.1, -0.05) is 37.3 Å². The highest BCUT2D eigenvalue weighted by Crippen LogP contribution is 2.27. The van der Waals surface area contributed by atoms with Crippen molar-refractivity contribution in [3.05, 3.63) is 35.9 Å². The number of amides is 1. The Bertz CT molecular complexity index is 323. The van der Waals surface area contributed by atoms with E-state index in [0.29, 0.717) is 12.5 Å². The molecule has 2 rings (SSSR count). The molecule has 0 aliphatic carbocycles. The normalized spacial score (nSPS) is 26.5. The van der Waals surface area contributed by atoms with Crippen LogP contribution in [0.15, 0.2) is 30.3 Å². The van der Waals surface area contributed by atoms with Gasteiger partial charge < -0.3 is 10.1 Å². The summed E-state index contributed by atoms with van der Waals surface area (Å²) >= 11 is 0. The summed E-state index contributed by atoms with van der Waals surface area (Å²) in [6.45, 7) is 2.75. The van der Waals surface area contributed by atoms with Crippen molar-refractivity contribution in [3.63, 3.8) is 0 Å². The fraction of sp³-hybridized carbons (Fsp3) is 0.364. The first-order valence-corrected chi connectivity index (χ1v) is 4.77. The Morgan fingerprint density at radius 2 is 2.07 bits per heavy atom. The Morgan fingerprint density at radius 1 is 1.36 bits per heavy atom. The molecule has 1 saturated heterocycles. The zero-order chi connectivity index (χ0) is 9.97. The molecule has 0 unspecified atom stereocenters. The molecule has 1 fully saturated rings. The van der Waals surface area contributed by atoms with Crippen molar-refractivity contribution in [2.45, 2.75) is 13.0 Å². The second-order valence-electron chi connectivity index (χ2n) is 3.59. The number of cyclic esters (lactones) is 1. The minimum atomic E-state index is -0.322. The van der Waals surface area contributed by atoms with E-state index in [4.69, 9.17) is 4.74 Å². The Kier molecular flexibility index (Phi) is 2.39. The number of ether oxygens (including phenoxy) is 1. The van der Waals surface area contributed by atoms with Crippen LogP contribution in [0.4, 0.5) is 4.79 Å². The van der Waals surface area contributed by atoms with Crippen molar-refractivity contribution in [2.75, 3.05) is 6.54 Å². The van der Waals surface area contributed by atoms with Crippen LogP contribution in [0, 0.1) is 5.92 Å². The first-order valence-electron chi connectivity index (χ1n) is 4.77. The van der Waals surface area contributed by atoms with Crippen molar-refractivity contribution in [1.29, 1.82) is 0 Å². The van der Waals surface area contributed by atoms with Crippen LogP contribution in [0.25, 0.3) is 0 Å². The molecule has 1 aromatic rings. The summed E-state index contributed by atoms with van der Waals surface area (Å²) in [5.41, 5.74) is 1.06. The highest BCUT2D eigenvalue weighted by Gasteiger charge is 2.27. The molecule has 1 aliphatic rings. The van der Waals surface area contributed by atoms with Crippen molar-refractivity contribution < 1.29 is 9.53 Å². The Labute approximate surface area is 83.1 Å². The molecule has 2 atom stereocenters. The lowest BCUT2D eigenvalue weighted by atomic mass is 9.96. The predicted molar refractivity (Wildman–Crippen MR) is 52.8 cm³/mol. The fourth-order valence-corrected chi connectivity index (χ4v) is 1.66. The summed E-state index contributed by atoms with van der Waals surface area (Å²) in [6.07, 6.45) is -0.429. The molecule has 3 heteroatoms. The van der Waals surface area contributed by atoms with Crippen LogP contribution in [0.3, 0.4) is 0 Å². The average molecular weight is 191 g/mol. The molecule has 1 aromatic carbocycles. The quantitative estimate of drug-likeness (QED) is 0.738. The van der Waals surface area contributed by atoms with Crippen LogP contribution < -0.4 is 5.32 Å². The molecule has 1 aliphatic heterocycles. The summed E-state index contributed by atoms with van der Waals surface area (Å²) in [5, 5.41) is 2.67. The van der Waals surface area contributed by atoms with Crippen LogP contribution in [-0.2, 0) is 4.74 Å². The highest BCUT2D eigenvalue weighted by atomic mass is 16.6. The van der Waals surface area contributed by atoms with E-state index >= 15 is 0 Å². The summed E-state index contributed by atoms with van der Waals surface area (Å²) < 4.78 is 5.23. The molecule has 1 amide bonds.